The number of benzene rings is 2. The Morgan fingerprint density at radius 1 is 1.14 bits per heavy atom. The van der Waals surface area contributed by atoms with E-state index in [0.29, 0.717) is 17.4 Å². The van der Waals surface area contributed by atoms with Crippen molar-refractivity contribution in [3.05, 3.63) is 75.2 Å². The lowest BCUT2D eigenvalue weighted by Crippen LogP contribution is -2.08. The Bertz CT molecular complexity index is 929. The van der Waals surface area contributed by atoms with Gasteiger partial charge in [-0.15, -0.1) is 0 Å². The van der Waals surface area contributed by atoms with E-state index in [4.69, 9.17) is 0 Å². The number of carbonyl (C=O) groups is 1. The monoisotopic (exact) mass is 294 g/mol. The van der Waals surface area contributed by atoms with Crippen LogP contribution in [0, 0.1) is 6.92 Å². The second-order valence-corrected chi connectivity index (χ2v) is 5.15. The molecule has 0 radical (unpaired) electrons. The molecule has 22 heavy (non-hydrogen) atoms. The highest BCUT2D eigenvalue weighted by atomic mass is 16.4. The summed E-state index contributed by atoms with van der Waals surface area (Å²) in [5.41, 5.74) is 2.68. The third-order valence-corrected chi connectivity index (χ3v) is 3.86. The molecule has 5 heteroatoms. The van der Waals surface area contributed by atoms with E-state index in [1.54, 1.807) is 31.3 Å². The third-order valence-electron chi connectivity index (χ3n) is 3.86. The molecule has 1 heterocycles. The highest BCUT2D eigenvalue weighted by molar-refractivity contribution is 5.90. The summed E-state index contributed by atoms with van der Waals surface area (Å²) in [5.74, 6) is -0.935. The zero-order chi connectivity index (χ0) is 15.7. The lowest BCUT2D eigenvalue weighted by molar-refractivity contribution is 0.0696. The summed E-state index contributed by atoms with van der Waals surface area (Å²) in [6.45, 7) is 1.80. The summed E-state index contributed by atoms with van der Waals surface area (Å²) in [6.07, 6.45) is 2.18. The van der Waals surface area contributed by atoms with Crippen LogP contribution in [0.2, 0.25) is 0 Å². The van der Waals surface area contributed by atoms with E-state index in [-0.39, 0.29) is 5.56 Å². The summed E-state index contributed by atoms with van der Waals surface area (Å²) in [5, 5.41) is 16.8. The average molecular weight is 294 g/mol. The molecule has 0 aliphatic carbocycles. The Morgan fingerprint density at radius 3 is 2.64 bits per heavy atom. The maximum atomic E-state index is 11.8. The van der Waals surface area contributed by atoms with Crippen molar-refractivity contribution < 1.29 is 9.90 Å². The van der Waals surface area contributed by atoms with E-state index in [9.17, 15) is 14.7 Å². The number of hydrogen-bond acceptors (Lipinski definition) is 3. The normalized spacial score (nSPS) is 10.8. The van der Waals surface area contributed by atoms with Crippen molar-refractivity contribution in [2.24, 2.45) is 0 Å². The van der Waals surface area contributed by atoms with E-state index >= 15 is 0 Å². The van der Waals surface area contributed by atoms with Crippen molar-refractivity contribution in [2.45, 2.75) is 13.3 Å². The largest absolute Gasteiger partial charge is 0.478 e. The molecular weight excluding hydrogens is 280 g/mol. The summed E-state index contributed by atoms with van der Waals surface area (Å²) >= 11 is 0. The second-order valence-electron chi connectivity index (χ2n) is 5.15. The maximum Gasteiger partial charge on any atom is 0.335 e. The fourth-order valence-corrected chi connectivity index (χ4v) is 2.65. The van der Waals surface area contributed by atoms with Crippen LogP contribution < -0.4 is 5.56 Å². The molecular formula is C17H14N2O3. The lowest BCUT2D eigenvalue weighted by Gasteiger charge is -2.10. The van der Waals surface area contributed by atoms with Crippen molar-refractivity contribution in [1.82, 2.24) is 10.2 Å². The first-order chi connectivity index (χ1) is 10.6. The molecule has 0 unspecified atom stereocenters. The first kappa shape index (κ1) is 14.0. The van der Waals surface area contributed by atoms with E-state index in [1.807, 2.05) is 18.2 Å². The topological polar surface area (TPSA) is 83.0 Å². The molecule has 0 saturated carbocycles. The van der Waals surface area contributed by atoms with Gasteiger partial charge >= 0.3 is 5.97 Å². The number of carboxylic acid groups (broad SMARTS) is 1. The summed E-state index contributed by atoms with van der Waals surface area (Å²) in [4.78, 5) is 23.0. The van der Waals surface area contributed by atoms with Gasteiger partial charge in [-0.25, -0.2) is 9.89 Å². The Hall–Kier alpha value is -2.95. The number of nitrogens with zero attached hydrogens (tertiary/aromatic N) is 1. The van der Waals surface area contributed by atoms with Crippen molar-refractivity contribution in [1.29, 1.82) is 0 Å². The van der Waals surface area contributed by atoms with E-state index < -0.39 is 5.97 Å². The van der Waals surface area contributed by atoms with Gasteiger partial charge in [0.15, 0.2) is 0 Å². The van der Waals surface area contributed by atoms with Crippen molar-refractivity contribution >= 4 is 16.7 Å². The third kappa shape index (κ3) is 2.37. The van der Waals surface area contributed by atoms with E-state index in [2.05, 4.69) is 10.2 Å². The number of aromatic amines is 1. The van der Waals surface area contributed by atoms with Crippen LogP contribution in [-0.4, -0.2) is 21.3 Å². The molecule has 5 nitrogen and oxygen atoms in total. The standard InChI is InChI=1S/C17H14N2O3/c1-10-11(4-2-6-13(10)17(21)22)8-12-5-3-7-14-15(12)9-18-19-16(14)20/h2-7,9H,8H2,1H3,(H,19,20)(H,21,22). The fourth-order valence-electron chi connectivity index (χ4n) is 2.65. The molecule has 0 aliphatic heterocycles. The van der Waals surface area contributed by atoms with E-state index in [1.165, 1.54) is 0 Å². The van der Waals surface area contributed by atoms with Gasteiger partial charge in [0.25, 0.3) is 5.56 Å². The van der Waals surface area contributed by atoms with Gasteiger partial charge in [0, 0.05) is 5.39 Å². The van der Waals surface area contributed by atoms with Crippen LogP contribution in [-0.2, 0) is 6.42 Å². The number of aromatic carboxylic acids is 1. The van der Waals surface area contributed by atoms with Gasteiger partial charge in [0.1, 0.15) is 0 Å². The molecule has 0 spiro atoms. The van der Waals surface area contributed by atoms with Crippen LogP contribution >= 0.6 is 0 Å². The van der Waals surface area contributed by atoms with Gasteiger partial charge in [0.2, 0.25) is 0 Å². The quantitative estimate of drug-likeness (QED) is 0.777. The number of carboxylic acids is 1. The number of hydrogen-bond donors (Lipinski definition) is 2. The van der Waals surface area contributed by atoms with Crippen LogP contribution in [0.4, 0.5) is 0 Å². The molecule has 0 aliphatic rings. The number of rotatable bonds is 3. The molecule has 0 amide bonds. The van der Waals surface area contributed by atoms with Gasteiger partial charge in [-0.05, 0) is 42.2 Å². The van der Waals surface area contributed by atoms with Crippen molar-refractivity contribution in [3.8, 4) is 0 Å². The minimum absolute atomic E-state index is 0.227. The van der Waals surface area contributed by atoms with Crippen LogP contribution in [0.3, 0.4) is 0 Å². The Labute approximate surface area is 126 Å². The molecule has 0 saturated heterocycles. The number of H-pyrrole nitrogens is 1. The molecule has 1 aromatic heterocycles. The maximum absolute atomic E-state index is 11.8. The number of nitrogens with one attached hydrogen (secondary N) is 1. The predicted octanol–water partition coefficient (Wildman–Crippen LogP) is 2.52. The van der Waals surface area contributed by atoms with Crippen LogP contribution in [0.25, 0.3) is 10.8 Å². The van der Waals surface area contributed by atoms with Crippen molar-refractivity contribution in [2.75, 3.05) is 0 Å². The van der Waals surface area contributed by atoms with Crippen LogP contribution in [0.1, 0.15) is 27.0 Å². The second kappa shape index (κ2) is 5.44. The highest BCUT2D eigenvalue weighted by Crippen LogP contribution is 2.22. The SMILES string of the molecule is Cc1c(Cc2cccc3c(=O)[nH]ncc23)cccc1C(=O)O. The summed E-state index contributed by atoms with van der Waals surface area (Å²) in [6, 6.07) is 10.7. The first-order valence-corrected chi connectivity index (χ1v) is 6.85. The summed E-state index contributed by atoms with van der Waals surface area (Å²) < 4.78 is 0. The molecule has 3 aromatic rings. The van der Waals surface area contributed by atoms with Gasteiger partial charge in [-0.1, -0.05) is 24.3 Å². The smallest absolute Gasteiger partial charge is 0.335 e. The van der Waals surface area contributed by atoms with Gasteiger partial charge in [-0.2, -0.15) is 5.10 Å². The number of fused-ring (bicyclic) bond motifs is 1. The number of aromatic nitrogens is 2. The fraction of sp³-hybridized carbons (Fsp3) is 0.118. The molecule has 2 aromatic carbocycles. The molecule has 0 bridgehead atoms. The predicted molar refractivity (Wildman–Crippen MR) is 83.3 cm³/mol. The van der Waals surface area contributed by atoms with Crippen LogP contribution in [0.15, 0.2) is 47.4 Å². The molecule has 3 rings (SSSR count). The van der Waals surface area contributed by atoms with Crippen LogP contribution in [0.5, 0.6) is 0 Å². The molecule has 0 fully saturated rings. The molecule has 110 valence electrons. The van der Waals surface area contributed by atoms with Gasteiger partial charge in [-0.3, -0.25) is 4.79 Å². The van der Waals surface area contributed by atoms with Crippen molar-refractivity contribution in [3.63, 3.8) is 0 Å². The zero-order valence-electron chi connectivity index (χ0n) is 12.0. The highest BCUT2D eigenvalue weighted by Gasteiger charge is 2.12. The average Bonchev–Trinajstić information content (AvgIpc) is 2.50. The van der Waals surface area contributed by atoms with Gasteiger partial charge < -0.3 is 5.11 Å². The zero-order valence-corrected chi connectivity index (χ0v) is 12.0. The molecule has 0 atom stereocenters. The first-order valence-electron chi connectivity index (χ1n) is 6.85. The Kier molecular flexibility index (Phi) is 3.47. The minimum atomic E-state index is -0.935. The Morgan fingerprint density at radius 2 is 1.86 bits per heavy atom. The minimum Gasteiger partial charge on any atom is -0.478 e. The molecule has 2 N–H and O–H groups in total. The van der Waals surface area contributed by atoms with E-state index in [0.717, 1.165) is 22.1 Å². The van der Waals surface area contributed by atoms with Gasteiger partial charge in [0.05, 0.1) is 17.1 Å². The lowest BCUT2D eigenvalue weighted by atomic mass is 9.95. The Balaban J connectivity index is 2.12. The summed E-state index contributed by atoms with van der Waals surface area (Å²) in [7, 11) is 0.